The Morgan fingerprint density at radius 2 is 1.92 bits per heavy atom. The molecule has 0 fully saturated rings. The quantitative estimate of drug-likeness (QED) is 0.333. The molecule has 0 spiro atoms. The first-order valence-electron chi connectivity index (χ1n) is 7.49. The maximum Gasteiger partial charge on any atom is 0.283 e. The summed E-state index contributed by atoms with van der Waals surface area (Å²) in [7, 11) is 0. The van der Waals surface area contributed by atoms with Crippen molar-refractivity contribution in [2.75, 3.05) is 12.3 Å². The summed E-state index contributed by atoms with van der Waals surface area (Å²) in [6.07, 6.45) is 1.47. The number of nitrogens with one attached hydrogen (secondary N) is 1. The maximum atomic E-state index is 11.9. The Kier molecular flexibility index (Phi) is 9.47. The van der Waals surface area contributed by atoms with Crippen LogP contribution in [0.15, 0.2) is 23.1 Å². The standard InChI is InChI=1S/C15H22N4O4S.ClH/c1-3-15(17,4-2)9-18-13(20)8-24-12-6-5-10(14(16)21)7-11(12)19(22)23;/h5-7H,3-4,8-9,17H2,1-2H3,(H2,16,21)(H,18,20);1H. The minimum Gasteiger partial charge on any atom is -0.366 e. The van der Waals surface area contributed by atoms with E-state index in [1.165, 1.54) is 12.1 Å². The Labute approximate surface area is 156 Å². The molecule has 0 saturated carbocycles. The van der Waals surface area contributed by atoms with Crippen LogP contribution in [-0.2, 0) is 4.79 Å². The van der Waals surface area contributed by atoms with E-state index in [-0.39, 0.29) is 35.3 Å². The number of carbonyl (C=O) groups excluding carboxylic acids is 2. The van der Waals surface area contributed by atoms with Gasteiger partial charge in [-0.05, 0) is 25.0 Å². The number of amides is 2. The predicted molar refractivity (Wildman–Crippen MR) is 100 cm³/mol. The molecule has 10 heteroatoms. The minimum atomic E-state index is -0.745. The zero-order valence-corrected chi connectivity index (χ0v) is 15.7. The van der Waals surface area contributed by atoms with Gasteiger partial charge in [-0.1, -0.05) is 13.8 Å². The van der Waals surface area contributed by atoms with Crippen molar-refractivity contribution in [1.29, 1.82) is 0 Å². The van der Waals surface area contributed by atoms with Crippen LogP contribution in [0.4, 0.5) is 5.69 Å². The van der Waals surface area contributed by atoms with Crippen molar-refractivity contribution in [3.63, 3.8) is 0 Å². The van der Waals surface area contributed by atoms with E-state index >= 15 is 0 Å². The predicted octanol–water partition coefficient (Wildman–Crippen LogP) is 1.84. The smallest absolute Gasteiger partial charge is 0.283 e. The summed E-state index contributed by atoms with van der Waals surface area (Å²) >= 11 is 1.02. The molecule has 1 aromatic rings. The van der Waals surface area contributed by atoms with Crippen molar-refractivity contribution in [3.05, 3.63) is 33.9 Å². The Morgan fingerprint density at radius 3 is 2.40 bits per heavy atom. The second-order valence-corrected chi connectivity index (χ2v) is 6.46. The number of benzene rings is 1. The molecular weight excluding hydrogens is 368 g/mol. The average Bonchev–Trinajstić information content (AvgIpc) is 2.57. The molecule has 0 aromatic heterocycles. The topological polar surface area (TPSA) is 141 Å². The molecule has 0 atom stereocenters. The molecule has 0 unspecified atom stereocenters. The molecule has 1 aromatic carbocycles. The van der Waals surface area contributed by atoms with Crippen LogP contribution < -0.4 is 16.8 Å². The summed E-state index contributed by atoms with van der Waals surface area (Å²) in [5, 5.41) is 13.8. The third-order valence-electron chi connectivity index (χ3n) is 3.84. The van der Waals surface area contributed by atoms with Crippen LogP contribution in [0, 0.1) is 10.1 Å². The van der Waals surface area contributed by atoms with Crippen LogP contribution in [0.25, 0.3) is 0 Å². The Hall–Kier alpha value is -1.84. The molecule has 8 nitrogen and oxygen atoms in total. The van der Waals surface area contributed by atoms with Crippen molar-refractivity contribution in [3.8, 4) is 0 Å². The van der Waals surface area contributed by atoms with Gasteiger partial charge < -0.3 is 16.8 Å². The fraction of sp³-hybridized carbons (Fsp3) is 0.467. The molecule has 0 aliphatic rings. The highest BCUT2D eigenvalue weighted by Crippen LogP contribution is 2.30. The number of primary amides is 1. The number of carbonyl (C=O) groups is 2. The summed E-state index contributed by atoms with van der Waals surface area (Å²) in [6.45, 7) is 4.25. The second-order valence-electron chi connectivity index (χ2n) is 5.44. The van der Waals surface area contributed by atoms with Gasteiger partial charge in [0.05, 0.1) is 15.6 Å². The number of nitro groups is 1. The Balaban J connectivity index is 0.00000576. The lowest BCUT2D eigenvalue weighted by atomic mass is 9.94. The van der Waals surface area contributed by atoms with Gasteiger partial charge in [0, 0.05) is 23.7 Å². The van der Waals surface area contributed by atoms with Crippen molar-refractivity contribution >= 4 is 41.7 Å². The number of rotatable bonds is 9. The van der Waals surface area contributed by atoms with Gasteiger partial charge in [-0.3, -0.25) is 19.7 Å². The summed E-state index contributed by atoms with van der Waals surface area (Å²) in [5.74, 6) is -0.990. The van der Waals surface area contributed by atoms with Crippen LogP contribution in [0.5, 0.6) is 0 Å². The Morgan fingerprint density at radius 1 is 1.32 bits per heavy atom. The first-order valence-corrected chi connectivity index (χ1v) is 8.47. The number of halogens is 1. The van der Waals surface area contributed by atoms with E-state index in [1.54, 1.807) is 0 Å². The summed E-state index contributed by atoms with van der Waals surface area (Å²) in [4.78, 5) is 33.8. The molecule has 2 amide bonds. The van der Waals surface area contributed by atoms with E-state index in [0.29, 0.717) is 11.4 Å². The summed E-state index contributed by atoms with van der Waals surface area (Å²) in [6, 6.07) is 3.93. The van der Waals surface area contributed by atoms with Crippen molar-refractivity contribution in [2.45, 2.75) is 37.1 Å². The number of nitro benzene ring substituents is 1. The highest BCUT2D eigenvalue weighted by Gasteiger charge is 2.22. The molecule has 0 bridgehead atoms. The number of nitrogens with zero attached hydrogens (tertiary/aromatic N) is 1. The van der Waals surface area contributed by atoms with E-state index < -0.39 is 16.4 Å². The lowest BCUT2D eigenvalue weighted by Gasteiger charge is -2.26. The van der Waals surface area contributed by atoms with Crippen LogP contribution in [0.3, 0.4) is 0 Å². The summed E-state index contributed by atoms with van der Waals surface area (Å²) in [5.41, 5.74) is 10.6. The van der Waals surface area contributed by atoms with E-state index in [4.69, 9.17) is 11.5 Å². The van der Waals surface area contributed by atoms with Crippen LogP contribution in [0.1, 0.15) is 37.0 Å². The van der Waals surface area contributed by atoms with Gasteiger partial charge in [-0.15, -0.1) is 24.2 Å². The van der Waals surface area contributed by atoms with Crippen LogP contribution in [-0.4, -0.2) is 34.6 Å². The first-order chi connectivity index (χ1) is 11.2. The monoisotopic (exact) mass is 390 g/mol. The summed E-state index contributed by atoms with van der Waals surface area (Å²) < 4.78 is 0. The lowest BCUT2D eigenvalue weighted by molar-refractivity contribution is -0.387. The highest BCUT2D eigenvalue weighted by molar-refractivity contribution is 8.00. The molecule has 1 rings (SSSR count). The maximum absolute atomic E-state index is 11.9. The van der Waals surface area contributed by atoms with Crippen molar-refractivity contribution in [1.82, 2.24) is 5.32 Å². The van der Waals surface area contributed by atoms with E-state index in [1.807, 2.05) is 13.8 Å². The van der Waals surface area contributed by atoms with Gasteiger partial charge in [-0.25, -0.2) is 0 Å². The number of hydrogen-bond acceptors (Lipinski definition) is 6. The molecular formula is C15H23ClN4O4S. The molecule has 0 aliphatic heterocycles. The number of nitrogens with two attached hydrogens (primary N) is 2. The van der Waals surface area contributed by atoms with Crippen molar-refractivity contribution in [2.24, 2.45) is 11.5 Å². The molecule has 0 radical (unpaired) electrons. The van der Waals surface area contributed by atoms with Crippen LogP contribution in [0.2, 0.25) is 0 Å². The fourth-order valence-electron chi connectivity index (χ4n) is 1.90. The number of thioether (sulfide) groups is 1. The third-order valence-corrected chi connectivity index (χ3v) is 4.91. The van der Waals surface area contributed by atoms with Gasteiger partial charge in [0.1, 0.15) is 0 Å². The largest absolute Gasteiger partial charge is 0.366 e. The molecule has 0 saturated heterocycles. The first kappa shape index (κ1) is 23.2. The number of hydrogen-bond donors (Lipinski definition) is 3. The minimum absolute atomic E-state index is 0. The van der Waals surface area contributed by atoms with Crippen molar-refractivity contribution < 1.29 is 14.5 Å². The fourth-order valence-corrected chi connectivity index (χ4v) is 2.74. The lowest BCUT2D eigenvalue weighted by Crippen LogP contribution is -2.49. The molecule has 5 N–H and O–H groups in total. The third kappa shape index (κ3) is 6.89. The highest BCUT2D eigenvalue weighted by atomic mass is 35.5. The van der Waals surface area contributed by atoms with E-state index in [0.717, 1.165) is 30.7 Å². The average molecular weight is 391 g/mol. The molecule has 140 valence electrons. The van der Waals surface area contributed by atoms with E-state index in [9.17, 15) is 19.7 Å². The van der Waals surface area contributed by atoms with Crippen LogP contribution >= 0.6 is 24.2 Å². The van der Waals surface area contributed by atoms with Gasteiger partial charge in [-0.2, -0.15) is 0 Å². The normalized spacial score (nSPS) is 10.7. The second kappa shape index (κ2) is 10.2. The Bertz CT molecular complexity index is 638. The van der Waals surface area contributed by atoms with Gasteiger partial charge in [0.2, 0.25) is 11.8 Å². The zero-order chi connectivity index (χ0) is 18.3. The zero-order valence-electron chi connectivity index (χ0n) is 14.1. The molecule has 25 heavy (non-hydrogen) atoms. The SMILES string of the molecule is CCC(N)(CC)CNC(=O)CSc1ccc(C(N)=O)cc1[N+](=O)[O-].Cl. The van der Waals surface area contributed by atoms with Gasteiger partial charge >= 0.3 is 0 Å². The van der Waals surface area contributed by atoms with Gasteiger partial charge in [0.15, 0.2) is 0 Å². The van der Waals surface area contributed by atoms with Gasteiger partial charge in [0.25, 0.3) is 5.69 Å². The molecule has 0 aliphatic carbocycles. The molecule has 0 heterocycles. The van der Waals surface area contributed by atoms with E-state index in [2.05, 4.69) is 5.32 Å².